The monoisotopic (exact) mass is 330 g/mol. The molecule has 3 aromatic rings. The van der Waals surface area contributed by atoms with E-state index in [1.807, 2.05) is 35.9 Å². The number of hydrogen-bond donors (Lipinski definition) is 0. The summed E-state index contributed by atoms with van der Waals surface area (Å²) in [4.78, 5) is 5.26. The first kappa shape index (κ1) is 15.6. The molecule has 0 radical (unpaired) electrons. The van der Waals surface area contributed by atoms with Crippen molar-refractivity contribution in [3.05, 3.63) is 54.0 Å². The van der Waals surface area contributed by atoms with Gasteiger partial charge < -0.3 is 13.9 Å². The quantitative estimate of drug-likeness (QED) is 0.722. The summed E-state index contributed by atoms with van der Waals surface area (Å²) in [5.74, 6) is 1.55. The molecule has 1 unspecified atom stereocenters. The van der Waals surface area contributed by atoms with Gasteiger partial charge in [-0.3, -0.25) is 4.21 Å². The summed E-state index contributed by atoms with van der Waals surface area (Å²) in [5.41, 5.74) is 2.79. The average Bonchev–Trinajstić information content (AvgIpc) is 2.98. The second-order valence-electron chi connectivity index (χ2n) is 5.16. The first-order chi connectivity index (χ1) is 11.1. The van der Waals surface area contributed by atoms with Crippen molar-refractivity contribution in [1.82, 2.24) is 9.38 Å². The lowest BCUT2D eigenvalue weighted by Crippen LogP contribution is -1.98. The highest BCUT2D eigenvalue weighted by Gasteiger charge is 2.12. The summed E-state index contributed by atoms with van der Waals surface area (Å²) < 4.78 is 25.0. The summed E-state index contributed by atoms with van der Waals surface area (Å²) in [6.45, 7) is 2.01. The van der Waals surface area contributed by atoms with Gasteiger partial charge >= 0.3 is 0 Å². The van der Waals surface area contributed by atoms with Crippen molar-refractivity contribution in [3.63, 3.8) is 0 Å². The van der Waals surface area contributed by atoms with Crippen LogP contribution >= 0.6 is 0 Å². The molecule has 23 heavy (non-hydrogen) atoms. The van der Waals surface area contributed by atoms with Crippen molar-refractivity contribution < 1.29 is 13.7 Å². The first-order valence-corrected chi connectivity index (χ1v) is 8.48. The molecular formula is C17H18N2O3S. The smallest absolute Gasteiger partial charge is 0.161 e. The zero-order valence-electron chi connectivity index (χ0n) is 13.3. The Labute approximate surface area is 137 Å². The lowest BCUT2D eigenvalue weighted by molar-refractivity contribution is 0.354. The van der Waals surface area contributed by atoms with Crippen LogP contribution in [0, 0.1) is 6.92 Å². The third kappa shape index (κ3) is 3.07. The fourth-order valence-corrected chi connectivity index (χ4v) is 3.48. The molecule has 1 atom stereocenters. The van der Waals surface area contributed by atoms with E-state index in [-0.39, 0.29) is 0 Å². The Balaban J connectivity index is 1.87. The maximum absolute atomic E-state index is 12.6. The molecule has 5 nitrogen and oxygen atoms in total. The zero-order valence-corrected chi connectivity index (χ0v) is 14.1. The molecule has 3 rings (SSSR count). The van der Waals surface area contributed by atoms with Crippen LogP contribution in [0.4, 0.5) is 0 Å². The van der Waals surface area contributed by atoms with Crippen LogP contribution < -0.4 is 9.47 Å². The molecule has 0 N–H and O–H groups in total. The molecule has 0 aliphatic rings. The van der Waals surface area contributed by atoms with Gasteiger partial charge in [0.25, 0.3) is 0 Å². The molecule has 1 aromatic carbocycles. The average molecular weight is 330 g/mol. The Morgan fingerprint density at radius 1 is 1.17 bits per heavy atom. The number of aryl methyl sites for hydroxylation is 1. The number of imidazole rings is 1. The molecule has 2 heterocycles. The van der Waals surface area contributed by atoms with Crippen molar-refractivity contribution in [2.75, 3.05) is 14.2 Å². The molecule has 0 amide bonds. The van der Waals surface area contributed by atoms with Gasteiger partial charge in [-0.05, 0) is 30.7 Å². The summed E-state index contributed by atoms with van der Waals surface area (Å²) in [6, 6.07) is 9.28. The molecule has 0 fully saturated rings. The number of fused-ring (bicyclic) bond motifs is 1. The Kier molecular flexibility index (Phi) is 4.34. The van der Waals surface area contributed by atoms with Crippen LogP contribution in [-0.4, -0.2) is 27.8 Å². The molecule has 120 valence electrons. The van der Waals surface area contributed by atoms with E-state index in [9.17, 15) is 4.21 Å². The third-order valence-corrected chi connectivity index (χ3v) is 4.96. The predicted octanol–water partition coefficient (Wildman–Crippen LogP) is 2.97. The Morgan fingerprint density at radius 3 is 2.65 bits per heavy atom. The second-order valence-corrected chi connectivity index (χ2v) is 6.61. The van der Waals surface area contributed by atoms with Crippen LogP contribution in [0.15, 0.2) is 47.6 Å². The fraction of sp³-hybridized carbons (Fsp3) is 0.235. The predicted molar refractivity (Wildman–Crippen MR) is 89.6 cm³/mol. The van der Waals surface area contributed by atoms with E-state index in [1.54, 1.807) is 32.4 Å². The summed E-state index contributed by atoms with van der Waals surface area (Å²) in [5, 5.41) is 0. The SMILES string of the molecule is COc1ccc(S(=O)Cc2cn3cccc(C)c3n2)cc1OC. The Bertz CT molecular complexity index is 873. The van der Waals surface area contributed by atoms with Gasteiger partial charge in [-0.15, -0.1) is 0 Å². The normalized spacial score (nSPS) is 12.3. The van der Waals surface area contributed by atoms with E-state index < -0.39 is 10.8 Å². The van der Waals surface area contributed by atoms with Crippen LogP contribution in [0.2, 0.25) is 0 Å². The van der Waals surface area contributed by atoms with Crippen LogP contribution in [0.3, 0.4) is 0 Å². The highest BCUT2D eigenvalue weighted by Crippen LogP contribution is 2.29. The van der Waals surface area contributed by atoms with E-state index >= 15 is 0 Å². The highest BCUT2D eigenvalue weighted by molar-refractivity contribution is 7.84. The van der Waals surface area contributed by atoms with Gasteiger partial charge in [-0.25, -0.2) is 4.98 Å². The van der Waals surface area contributed by atoms with Gasteiger partial charge in [0.15, 0.2) is 11.5 Å². The van der Waals surface area contributed by atoms with Crippen molar-refractivity contribution in [2.24, 2.45) is 0 Å². The maximum atomic E-state index is 12.6. The summed E-state index contributed by atoms with van der Waals surface area (Å²) >= 11 is 0. The van der Waals surface area contributed by atoms with Crippen molar-refractivity contribution in [2.45, 2.75) is 17.6 Å². The number of aromatic nitrogens is 2. The van der Waals surface area contributed by atoms with Gasteiger partial charge in [0, 0.05) is 23.4 Å². The number of pyridine rings is 1. The number of nitrogens with zero attached hydrogens (tertiary/aromatic N) is 2. The largest absolute Gasteiger partial charge is 0.493 e. The number of methoxy groups -OCH3 is 2. The summed E-state index contributed by atoms with van der Waals surface area (Å²) in [7, 11) is 1.94. The molecule has 0 aliphatic heterocycles. The van der Waals surface area contributed by atoms with Crippen LogP contribution in [-0.2, 0) is 16.6 Å². The van der Waals surface area contributed by atoms with Gasteiger partial charge in [0.05, 0.1) is 36.5 Å². The number of hydrogen-bond acceptors (Lipinski definition) is 4. The Morgan fingerprint density at radius 2 is 1.96 bits per heavy atom. The van der Waals surface area contributed by atoms with E-state index in [0.717, 1.165) is 16.9 Å². The molecule has 0 saturated carbocycles. The van der Waals surface area contributed by atoms with E-state index in [0.29, 0.717) is 22.1 Å². The highest BCUT2D eigenvalue weighted by atomic mass is 32.2. The van der Waals surface area contributed by atoms with Crippen LogP contribution in [0.1, 0.15) is 11.3 Å². The van der Waals surface area contributed by atoms with E-state index in [2.05, 4.69) is 4.98 Å². The van der Waals surface area contributed by atoms with Gasteiger partial charge in [0.2, 0.25) is 0 Å². The number of rotatable bonds is 5. The standard InChI is InChI=1S/C17H18N2O3S/c1-12-5-4-8-19-10-13(18-17(12)19)11-23(20)14-6-7-15(21-2)16(9-14)22-3/h4-10H,11H2,1-3H3. The van der Waals surface area contributed by atoms with Crippen molar-refractivity contribution >= 4 is 16.4 Å². The lowest BCUT2D eigenvalue weighted by Gasteiger charge is -2.09. The van der Waals surface area contributed by atoms with Gasteiger partial charge in [-0.1, -0.05) is 6.07 Å². The number of ether oxygens (including phenoxy) is 2. The maximum Gasteiger partial charge on any atom is 0.161 e. The molecule has 0 aliphatic carbocycles. The van der Waals surface area contributed by atoms with Gasteiger partial charge in [0.1, 0.15) is 5.65 Å². The van der Waals surface area contributed by atoms with Gasteiger partial charge in [-0.2, -0.15) is 0 Å². The fourth-order valence-electron chi connectivity index (χ4n) is 2.45. The van der Waals surface area contributed by atoms with E-state index in [4.69, 9.17) is 9.47 Å². The minimum atomic E-state index is -1.20. The molecule has 0 bridgehead atoms. The molecule has 0 spiro atoms. The zero-order chi connectivity index (χ0) is 16.4. The Hall–Kier alpha value is -2.34. The van der Waals surface area contributed by atoms with Crippen molar-refractivity contribution in [3.8, 4) is 11.5 Å². The van der Waals surface area contributed by atoms with Crippen LogP contribution in [0.25, 0.3) is 5.65 Å². The number of benzene rings is 1. The van der Waals surface area contributed by atoms with Crippen molar-refractivity contribution in [1.29, 1.82) is 0 Å². The topological polar surface area (TPSA) is 52.8 Å². The minimum absolute atomic E-state index is 0.358. The lowest BCUT2D eigenvalue weighted by atomic mass is 10.3. The first-order valence-electron chi connectivity index (χ1n) is 7.16. The molecular weight excluding hydrogens is 312 g/mol. The minimum Gasteiger partial charge on any atom is -0.493 e. The summed E-state index contributed by atoms with van der Waals surface area (Å²) in [6.07, 6.45) is 3.86. The second kappa shape index (κ2) is 6.42. The molecule has 6 heteroatoms. The third-order valence-electron chi connectivity index (χ3n) is 3.62. The molecule has 2 aromatic heterocycles. The van der Waals surface area contributed by atoms with Crippen LogP contribution in [0.5, 0.6) is 11.5 Å². The molecule has 0 saturated heterocycles. The van der Waals surface area contributed by atoms with E-state index in [1.165, 1.54) is 0 Å².